The zero-order valence-electron chi connectivity index (χ0n) is 20.7. The molecule has 1 amide bonds. The highest BCUT2D eigenvalue weighted by Crippen LogP contribution is 2.32. The van der Waals surface area contributed by atoms with Gasteiger partial charge in [0.1, 0.15) is 22.0 Å². The van der Waals surface area contributed by atoms with Gasteiger partial charge in [-0.2, -0.15) is 0 Å². The molecule has 9 nitrogen and oxygen atoms in total. The van der Waals surface area contributed by atoms with Crippen LogP contribution in [0.4, 0.5) is 11.6 Å². The van der Waals surface area contributed by atoms with Crippen LogP contribution in [0, 0.1) is 0 Å². The zero-order valence-corrected chi connectivity index (χ0v) is 21.6. The van der Waals surface area contributed by atoms with Crippen LogP contribution >= 0.6 is 11.3 Å². The Morgan fingerprint density at radius 1 is 0.842 bits per heavy atom. The summed E-state index contributed by atoms with van der Waals surface area (Å²) in [6.45, 7) is 5.19. The molecule has 7 rings (SSSR count). The number of pyridine rings is 3. The number of hydrogen-bond donors (Lipinski definition) is 0. The van der Waals surface area contributed by atoms with Crippen molar-refractivity contribution in [3.05, 3.63) is 76.6 Å². The molecule has 0 bridgehead atoms. The van der Waals surface area contributed by atoms with Gasteiger partial charge in [-0.15, -0.1) is 11.3 Å². The fraction of sp³-hybridized carbons (Fsp3) is 0.286. The van der Waals surface area contributed by atoms with Crippen molar-refractivity contribution in [1.82, 2.24) is 19.3 Å². The number of hydrogen-bond acceptors (Lipinski definition) is 8. The molecule has 1 aromatic carbocycles. The number of carbonyl (C=O) groups excluding carboxylic acids is 1. The van der Waals surface area contributed by atoms with Gasteiger partial charge in [-0.1, -0.05) is 18.2 Å². The standard InChI is InChI=1S/C28H26N6O3S/c35-25-19-8-9-23(32-15-17-37-18-16-32)30-26(19)34-20-5-1-2-6-21(20)38-28(34)24(25)27(36)33-13-11-31(12-14-33)22-7-3-4-10-29-22/h1-10H,11-18H2. The number of carbonyl (C=O) groups is 1. The monoisotopic (exact) mass is 526 g/mol. The summed E-state index contributed by atoms with van der Waals surface area (Å²) in [5, 5.41) is 0.457. The summed E-state index contributed by atoms with van der Waals surface area (Å²) in [6, 6.07) is 17.5. The van der Waals surface area contributed by atoms with Crippen molar-refractivity contribution in [3.8, 4) is 0 Å². The number of ether oxygens (including phenoxy) is 1. The minimum atomic E-state index is -0.260. The number of benzene rings is 1. The lowest BCUT2D eigenvalue weighted by molar-refractivity contribution is 0.0747. The molecule has 2 aliphatic rings. The Morgan fingerprint density at radius 3 is 2.39 bits per heavy atom. The number of morpholine rings is 1. The SMILES string of the molecule is O=C(c1c(=O)c2ccc(N3CCOCC3)nc2n2c1sc1ccccc12)N1CCN(c2ccccn2)CC1. The van der Waals surface area contributed by atoms with E-state index in [1.807, 2.05) is 59.0 Å². The molecule has 0 radical (unpaired) electrons. The van der Waals surface area contributed by atoms with Crippen LogP contribution in [0.5, 0.6) is 0 Å². The topological polar surface area (TPSA) is 83.3 Å². The molecular formula is C28H26N6O3S. The minimum absolute atomic E-state index is 0.223. The number of nitrogens with zero attached hydrogens (tertiary/aromatic N) is 6. The van der Waals surface area contributed by atoms with Gasteiger partial charge in [-0.05, 0) is 36.4 Å². The first-order valence-corrected chi connectivity index (χ1v) is 13.7. The van der Waals surface area contributed by atoms with Crippen molar-refractivity contribution in [2.45, 2.75) is 0 Å². The second-order valence-electron chi connectivity index (χ2n) is 9.52. The molecular weight excluding hydrogens is 500 g/mol. The van der Waals surface area contributed by atoms with Gasteiger partial charge >= 0.3 is 0 Å². The van der Waals surface area contributed by atoms with Crippen LogP contribution in [0.1, 0.15) is 10.4 Å². The Morgan fingerprint density at radius 2 is 1.61 bits per heavy atom. The Kier molecular flexibility index (Phi) is 5.70. The molecule has 0 unspecified atom stereocenters. The van der Waals surface area contributed by atoms with Gasteiger partial charge < -0.3 is 19.4 Å². The van der Waals surface area contributed by atoms with Crippen molar-refractivity contribution < 1.29 is 9.53 Å². The maximum absolute atomic E-state index is 14.0. The summed E-state index contributed by atoms with van der Waals surface area (Å²) in [6.07, 6.45) is 1.78. The molecule has 6 heterocycles. The first-order valence-electron chi connectivity index (χ1n) is 12.8. The summed E-state index contributed by atoms with van der Waals surface area (Å²) < 4.78 is 8.51. The van der Waals surface area contributed by atoms with Crippen molar-refractivity contribution in [3.63, 3.8) is 0 Å². The van der Waals surface area contributed by atoms with Crippen LogP contribution in [0.25, 0.3) is 26.1 Å². The molecule has 2 fully saturated rings. The summed E-state index contributed by atoms with van der Waals surface area (Å²) >= 11 is 1.47. The van der Waals surface area contributed by atoms with E-state index in [1.165, 1.54) is 11.3 Å². The Hall–Kier alpha value is -4.02. The highest BCUT2D eigenvalue weighted by atomic mass is 32.1. The van der Waals surface area contributed by atoms with Crippen LogP contribution in [-0.4, -0.2) is 77.7 Å². The van der Waals surface area contributed by atoms with Crippen molar-refractivity contribution in [2.75, 3.05) is 62.3 Å². The van der Waals surface area contributed by atoms with Crippen LogP contribution in [0.15, 0.2) is 65.6 Å². The number of rotatable bonds is 3. The van der Waals surface area contributed by atoms with Gasteiger partial charge in [-0.3, -0.25) is 14.0 Å². The number of piperazine rings is 1. The van der Waals surface area contributed by atoms with Crippen molar-refractivity contribution in [2.24, 2.45) is 0 Å². The Balaban J connectivity index is 1.33. The third-order valence-corrected chi connectivity index (χ3v) is 8.51. The molecule has 2 saturated heterocycles. The molecule has 38 heavy (non-hydrogen) atoms. The Bertz CT molecular complexity index is 1720. The van der Waals surface area contributed by atoms with Crippen molar-refractivity contribution in [1.29, 1.82) is 0 Å². The second-order valence-corrected chi connectivity index (χ2v) is 10.6. The molecule has 0 N–H and O–H groups in total. The number of thiazole rings is 1. The maximum Gasteiger partial charge on any atom is 0.260 e. The van der Waals surface area contributed by atoms with Gasteiger partial charge in [-0.25, -0.2) is 9.97 Å². The Labute approximate surface area is 222 Å². The average Bonchev–Trinajstić information content (AvgIpc) is 3.37. The summed E-state index contributed by atoms with van der Waals surface area (Å²) in [7, 11) is 0. The third-order valence-electron chi connectivity index (χ3n) is 7.36. The predicted molar refractivity (Wildman–Crippen MR) is 150 cm³/mol. The lowest BCUT2D eigenvalue weighted by Crippen LogP contribution is -2.49. The molecule has 2 aliphatic heterocycles. The summed E-state index contributed by atoms with van der Waals surface area (Å²) in [5.41, 5.74) is 1.50. The van der Waals surface area contributed by atoms with Crippen LogP contribution < -0.4 is 15.2 Å². The number of anilines is 2. The van der Waals surface area contributed by atoms with E-state index in [-0.39, 0.29) is 16.9 Å². The quantitative estimate of drug-likeness (QED) is 0.357. The van der Waals surface area contributed by atoms with Crippen molar-refractivity contribution >= 4 is 55.0 Å². The van der Waals surface area contributed by atoms with E-state index in [0.29, 0.717) is 55.3 Å². The third kappa shape index (κ3) is 3.79. The summed E-state index contributed by atoms with van der Waals surface area (Å²) in [4.78, 5) is 44.1. The molecule has 10 heteroatoms. The molecule has 192 valence electrons. The molecule has 5 aromatic rings. The van der Waals surface area contributed by atoms with Crippen LogP contribution in [-0.2, 0) is 4.74 Å². The second kappa shape index (κ2) is 9.38. The van der Waals surface area contributed by atoms with Gasteiger partial charge in [0, 0.05) is 45.5 Å². The van der Waals surface area contributed by atoms with E-state index >= 15 is 0 Å². The van der Waals surface area contributed by atoms with Crippen LogP contribution in [0.2, 0.25) is 0 Å². The van der Waals surface area contributed by atoms with E-state index < -0.39 is 0 Å². The van der Waals surface area contributed by atoms with E-state index in [9.17, 15) is 9.59 Å². The molecule has 0 spiro atoms. The van der Waals surface area contributed by atoms with E-state index in [0.717, 1.165) is 34.9 Å². The largest absolute Gasteiger partial charge is 0.378 e. The van der Waals surface area contributed by atoms with E-state index in [1.54, 1.807) is 11.1 Å². The first-order chi connectivity index (χ1) is 18.7. The van der Waals surface area contributed by atoms with Gasteiger partial charge in [0.05, 0.1) is 28.8 Å². The average molecular weight is 527 g/mol. The highest BCUT2D eigenvalue weighted by molar-refractivity contribution is 7.24. The summed E-state index contributed by atoms with van der Waals surface area (Å²) in [5.74, 6) is 1.49. The predicted octanol–water partition coefficient (Wildman–Crippen LogP) is 3.26. The minimum Gasteiger partial charge on any atom is -0.378 e. The van der Waals surface area contributed by atoms with Gasteiger partial charge in [0.15, 0.2) is 5.65 Å². The number of aromatic nitrogens is 3. The van der Waals surface area contributed by atoms with Gasteiger partial charge in [0.25, 0.3) is 5.91 Å². The molecule has 0 aliphatic carbocycles. The number of amides is 1. The molecule has 0 atom stereocenters. The lowest BCUT2D eigenvalue weighted by Gasteiger charge is -2.35. The molecule has 0 saturated carbocycles. The normalized spacial score (nSPS) is 16.6. The van der Waals surface area contributed by atoms with Gasteiger partial charge in [0.2, 0.25) is 5.43 Å². The fourth-order valence-electron chi connectivity index (χ4n) is 5.37. The van der Waals surface area contributed by atoms with E-state index in [4.69, 9.17) is 9.72 Å². The lowest BCUT2D eigenvalue weighted by atomic mass is 10.1. The number of para-hydroxylation sites is 1. The van der Waals surface area contributed by atoms with E-state index in [2.05, 4.69) is 14.8 Å². The smallest absolute Gasteiger partial charge is 0.260 e. The highest BCUT2D eigenvalue weighted by Gasteiger charge is 2.29. The zero-order chi connectivity index (χ0) is 25.6. The first kappa shape index (κ1) is 23.1. The maximum atomic E-state index is 14.0. The van der Waals surface area contributed by atoms with Crippen LogP contribution in [0.3, 0.4) is 0 Å². The molecule has 4 aromatic heterocycles. The number of fused-ring (bicyclic) bond motifs is 5. The fourth-order valence-corrected chi connectivity index (χ4v) is 6.55.